The minimum atomic E-state index is -0.439. The van der Waals surface area contributed by atoms with E-state index < -0.39 is 5.91 Å². The molecular formula is C17H16ClN3O. The molecule has 5 heteroatoms. The Labute approximate surface area is 134 Å². The van der Waals surface area contributed by atoms with E-state index in [1.807, 2.05) is 37.6 Å². The number of carbonyl (C=O) groups is 1. The molecule has 0 aliphatic carbocycles. The number of carbonyl (C=O) groups excluding carboxylic acids is 1. The van der Waals surface area contributed by atoms with Gasteiger partial charge in [0, 0.05) is 29.1 Å². The molecule has 22 heavy (non-hydrogen) atoms. The quantitative estimate of drug-likeness (QED) is 0.691. The first-order valence-corrected chi connectivity index (χ1v) is 7.12. The fraction of sp³-hybridized carbons (Fsp3) is 0.176. The molecule has 1 aromatic heterocycles. The Morgan fingerprint density at radius 1 is 1.32 bits per heavy atom. The van der Waals surface area contributed by atoms with Gasteiger partial charge in [-0.1, -0.05) is 11.6 Å². The van der Waals surface area contributed by atoms with Gasteiger partial charge >= 0.3 is 0 Å². The second kappa shape index (κ2) is 6.50. The maximum Gasteiger partial charge on any atom is 0.266 e. The first kappa shape index (κ1) is 15.9. The monoisotopic (exact) mass is 313 g/mol. The smallest absolute Gasteiger partial charge is 0.266 e. The Hall–Kier alpha value is -2.51. The standard InChI is InChI=1S/C17H16ClN3O/c1-11-8-13(12(2)21(11)3)9-14(10-19)17(22)20-16-6-4-15(18)5-7-16/h4-9H,1-3H3,(H,20,22)/b14-9-. The highest BCUT2D eigenvalue weighted by Gasteiger charge is 2.12. The predicted octanol–water partition coefficient (Wildman–Crippen LogP) is 3.84. The van der Waals surface area contributed by atoms with Gasteiger partial charge in [0.05, 0.1) is 0 Å². The van der Waals surface area contributed by atoms with E-state index >= 15 is 0 Å². The van der Waals surface area contributed by atoms with Crippen molar-refractivity contribution in [2.75, 3.05) is 5.32 Å². The van der Waals surface area contributed by atoms with Crippen LogP contribution in [0.5, 0.6) is 0 Å². The van der Waals surface area contributed by atoms with Gasteiger partial charge in [0.25, 0.3) is 5.91 Å². The zero-order valence-electron chi connectivity index (χ0n) is 12.6. The Morgan fingerprint density at radius 3 is 2.45 bits per heavy atom. The van der Waals surface area contributed by atoms with Crippen molar-refractivity contribution in [1.82, 2.24) is 4.57 Å². The summed E-state index contributed by atoms with van der Waals surface area (Å²) in [5.74, 6) is -0.439. The number of aromatic nitrogens is 1. The van der Waals surface area contributed by atoms with Crippen LogP contribution >= 0.6 is 11.6 Å². The SMILES string of the molecule is Cc1cc(/C=C(/C#N)C(=O)Nc2ccc(Cl)cc2)c(C)n1C. The van der Waals surface area contributed by atoms with Crippen LogP contribution in [-0.4, -0.2) is 10.5 Å². The van der Waals surface area contributed by atoms with Crippen LogP contribution in [0.15, 0.2) is 35.9 Å². The molecule has 1 amide bonds. The summed E-state index contributed by atoms with van der Waals surface area (Å²) in [6.07, 6.45) is 1.60. The summed E-state index contributed by atoms with van der Waals surface area (Å²) in [7, 11) is 1.95. The van der Waals surface area contributed by atoms with E-state index in [9.17, 15) is 10.1 Å². The summed E-state index contributed by atoms with van der Waals surface area (Å²) in [5, 5.41) is 12.5. The molecule has 0 spiro atoms. The maximum absolute atomic E-state index is 12.2. The molecule has 1 heterocycles. The Kier molecular flexibility index (Phi) is 4.69. The van der Waals surface area contributed by atoms with Crippen molar-refractivity contribution in [2.24, 2.45) is 7.05 Å². The molecule has 0 radical (unpaired) electrons. The van der Waals surface area contributed by atoms with Gasteiger partial charge < -0.3 is 9.88 Å². The van der Waals surface area contributed by atoms with Gasteiger partial charge in [-0.2, -0.15) is 5.26 Å². The van der Waals surface area contributed by atoms with Crippen LogP contribution in [0, 0.1) is 25.2 Å². The summed E-state index contributed by atoms with van der Waals surface area (Å²) >= 11 is 5.80. The zero-order chi connectivity index (χ0) is 16.3. The van der Waals surface area contributed by atoms with E-state index in [1.165, 1.54) is 0 Å². The third-order valence-corrected chi connectivity index (χ3v) is 3.83. The summed E-state index contributed by atoms with van der Waals surface area (Å²) in [5.41, 5.74) is 3.59. The van der Waals surface area contributed by atoms with Crippen molar-refractivity contribution >= 4 is 29.3 Å². The van der Waals surface area contributed by atoms with Crippen LogP contribution < -0.4 is 5.32 Å². The molecule has 112 valence electrons. The van der Waals surface area contributed by atoms with Crippen molar-refractivity contribution in [1.29, 1.82) is 5.26 Å². The van der Waals surface area contributed by atoms with E-state index in [0.717, 1.165) is 17.0 Å². The van der Waals surface area contributed by atoms with Gasteiger partial charge in [-0.15, -0.1) is 0 Å². The molecule has 1 N–H and O–H groups in total. The number of hydrogen-bond acceptors (Lipinski definition) is 2. The average Bonchev–Trinajstić information content (AvgIpc) is 2.74. The average molecular weight is 314 g/mol. The van der Waals surface area contributed by atoms with Crippen LogP contribution in [0.4, 0.5) is 5.69 Å². The molecule has 0 saturated heterocycles. The zero-order valence-corrected chi connectivity index (χ0v) is 13.4. The Bertz CT molecular complexity index is 779. The number of rotatable bonds is 3. The van der Waals surface area contributed by atoms with Gasteiger partial charge in [-0.25, -0.2) is 0 Å². The molecule has 0 unspecified atom stereocenters. The summed E-state index contributed by atoms with van der Waals surface area (Å²) in [4.78, 5) is 12.2. The van der Waals surface area contributed by atoms with Crippen molar-refractivity contribution in [3.8, 4) is 6.07 Å². The van der Waals surface area contributed by atoms with Crippen LogP contribution in [0.1, 0.15) is 17.0 Å². The number of nitrogens with one attached hydrogen (secondary N) is 1. The molecule has 4 nitrogen and oxygen atoms in total. The molecule has 2 rings (SSSR count). The predicted molar refractivity (Wildman–Crippen MR) is 88.6 cm³/mol. The molecule has 0 aliphatic heterocycles. The van der Waals surface area contributed by atoms with Crippen LogP contribution in [0.3, 0.4) is 0 Å². The lowest BCUT2D eigenvalue weighted by Crippen LogP contribution is -2.13. The lowest BCUT2D eigenvalue weighted by atomic mass is 10.1. The van der Waals surface area contributed by atoms with Gasteiger partial charge in [0.15, 0.2) is 0 Å². The third kappa shape index (κ3) is 3.38. The van der Waals surface area contributed by atoms with Crippen molar-refractivity contribution in [3.63, 3.8) is 0 Å². The molecule has 0 fully saturated rings. The maximum atomic E-state index is 12.2. The van der Waals surface area contributed by atoms with Gasteiger partial charge in [-0.3, -0.25) is 4.79 Å². The number of nitriles is 1. The van der Waals surface area contributed by atoms with E-state index in [1.54, 1.807) is 30.3 Å². The number of nitrogens with zero attached hydrogens (tertiary/aromatic N) is 2. The fourth-order valence-electron chi connectivity index (χ4n) is 2.07. The number of halogens is 1. The Morgan fingerprint density at radius 2 is 1.95 bits per heavy atom. The number of aryl methyl sites for hydroxylation is 1. The molecule has 0 bridgehead atoms. The second-order valence-corrected chi connectivity index (χ2v) is 5.45. The Balaban J connectivity index is 2.25. The first-order chi connectivity index (χ1) is 10.4. The molecular weight excluding hydrogens is 298 g/mol. The molecule has 0 aliphatic rings. The van der Waals surface area contributed by atoms with E-state index in [-0.39, 0.29) is 5.57 Å². The van der Waals surface area contributed by atoms with E-state index in [4.69, 9.17) is 11.6 Å². The second-order valence-electron chi connectivity index (χ2n) is 5.02. The summed E-state index contributed by atoms with van der Waals surface area (Å²) in [6.45, 7) is 3.93. The third-order valence-electron chi connectivity index (χ3n) is 3.58. The molecule has 1 aromatic carbocycles. The molecule has 0 atom stereocenters. The van der Waals surface area contributed by atoms with Gasteiger partial charge in [0.2, 0.25) is 0 Å². The largest absolute Gasteiger partial charge is 0.352 e. The first-order valence-electron chi connectivity index (χ1n) is 6.74. The highest BCUT2D eigenvalue weighted by molar-refractivity contribution is 6.30. The van der Waals surface area contributed by atoms with Gasteiger partial charge in [-0.05, 0) is 55.8 Å². The van der Waals surface area contributed by atoms with Crippen LogP contribution in [0.25, 0.3) is 6.08 Å². The van der Waals surface area contributed by atoms with E-state index in [2.05, 4.69) is 5.32 Å². The van der Waals surface area contributed by atoms with Crippen LogP contribution in [0.2, 0.25) is 5.02 Å². The van der Waals surface area contributed by atoms with Crippen molar-refractivity contribution in [2.45, 2.75) is 13.8 Å². The summed E-state index contributed by atoms with van der Waals surface area (Å²) in [6, 6.07) is 10.6. The number of anilines is 1. The highest BCUT2D eigenvalue weighted by atomic mass is 35.5. The van der Waals surface area contributed by atoms with Crippen LogP contribution in [-0.2, 0) is 11.8 Å². The van der Waals surface area contributed by atoms with E-state index in [0.29, 0.717) is 10.7 Å². The molecule has 0 saturated carbocycles. The lowest BCUT2D eigenvalue weighted by molar-refractivity contribution is -0.112. The number of hydrogen-bond donors (Lipinski definition) is 1. The topological polar surface area (TPSA) is 57.8 Å². The minimum Gasteiger partial charge on any atom is -0.352 e. The molecule has 2 aromatic rings. The van der Waals surface area contributed by atoms with Gasteiger partial charge in [0.1, 0.15) is 11.6 Å². The normalized spacial score (nSPS) is 11.1. The lowest BCUT2D eigenvalue weighted by Gasteiger charge is -2.04. The fourth-order valence-corrected chi connectivity index (χ4v) is 2.19. The van der Waals surface area contributed by atoms with Crippen molar-refractivity contribution < 1.29 is 4.79 Å². The van der Waals surface area contributed by atoms with Crippen molar-refractivity contribution in [3.05, 3.63) is 57.9 Å². The number of benzene rings is 1. The summed E-state index contributed by atoms with van der Waals surface area (Å²) < 4.78 is 2.01. The minimum absolute atomic E-state index is 0.0589. The number of amides is 1. The highest BCUT2D eigenvalue weighted by Crippen LogP contribution is 2.18.